The van der Waals surface area contributed by atoms with E-state index in [1.165, 1.54) is 21.3 Å². The Labute approximate surface area is 214 Å². The first-order valence-corrected chi connectivity index (χ1v) is 14.2. The largest absolute Gasteiger partial charge is 0.354 e. The van der Waals surface area contributed by atoms with Gasteiger partial charge in [0.25, 0.3) is 0 Å². The van der Waals surface area contributed by atoms with Crippen molar-refractivity contribution in [3.8, 4) is 0 Å². The van der Waals surface area contributed by atoms with Crippen molar-refractivity contribution in [2.24, 2.45) is 0 Å². The summed E-state index contributed by atoms with van der Waals surface area (Å²) in [6.45, 7) is 8.39. The zero-order valence-corrected chi connectivity index (χ0v) is 22.7. The first-order valence-electron chi connectivity index (χ1n) is 12.3. The molecule has 0 aliphatic heterocycles. The standard InChI is InChI=1S/C27H38FN3O4S/c1-6-17-29-27(33)24(7-2)30(19-22-13-15-23(28)16-14-22)26(32)12-9-18-31(36(5,34)35)25-11-8-10-20(3)21(25)4/h8,10-11,13-16,24H,6-7,9,12,17-19H2,1-5H3,(H,29,33). The molecule has 0 bridgehead atoms. The Morgan fingerprint density at radius 1 is 1.06 bits per heavy atom. The van der Waals surface area contributed by atoms with Crippen LogP contribution in [0, 0.1) is 19.7 Å². The minimum Gasteiger partial charge on any atom is -0.354 e. The van der Waals surface area contributed by atoms with Crippen LogP contribution in [0.25, 0.3) is 0 Å². The molecule has 198 valence electrons. The molecule has 1 N–H and O–H groups in total. The number of sulfonamides is 1. The number of halogens is 1. The monoisotopic (exact) mass is 519 g/mol. The molecular formula is C27H38FN3O4S. The van der Waals surface area contributed by atoms with Gasteiger partial charge in [-0.15, -0.1) is 0 Å². The third kappa shape index (κ3) is 8.05. The minimum absolute atomic E-state index is 0.0651. The van der Waals surface area contributed by atoms with Gasteiger partial charge in [-0.25, -0.2) is 12.8 Å². The van der Waals surface area contributed by atoms with Crippen LogP contribution in [0.2, 0.25) is 0 Å². The van der Waals surface area contributed by atoms with Crippen molar-refractivity contribution in [2.75, 3.05) is 23.7 Å². The minimum atomic E-state index is -3.56. The maximum atomic E-state index is 13.4. The van der Waals surface area contributed by atoms with E-state index in [4.69, 9.17) is 0 Å². The third-order valence-electron chi connectivity index (χ3n) is 6.20. The fourth-order valence-corrected chi connectivity index (χ4v) is 5.08. The van der Waals surface area contributed by atoms with E-state index in [9.17, 15) is 22.4 Å². The number of anilines is 1. The highest BCUT2D eigenvalue weighted by atomic mass is 32.2. The summed E-state index contributed by atoms with van der Waals surface area (Å²) in [6, 6.07) is 10.7. The smallest absolute Gasteiger partial charge is 0.242 e. The number of benzene rings is 2. The maximum Gasteiger partial charge on any atom is 0.242 e. The highest BCUT2D eigenvalue weighted by Gasteiger charge is 2.29. The lowest BCUT2D eigenvalue weighted by atomic mass is 10.1. The number of hydrogen-bond donors (Lipinski definition) is 1. The van der Waals surface area contributed by atoms with Crippen LogP contribution in [0.15, 0.2) is 42.5 Å². The zero-order valence-electron chi connectivity index (χ0n) is 21.9. The summed E-state index contributed by atoms with van der Waals surface area (Å²) in [6.07, 6.45) is 2.69. The average molecular weight is 520 g/mol. The lowest BCUT2D eigenvalue weighted by Crippen LogP contribution is -2.49. The molecule has 0 saturated heterocycles. The van der Waals surface area contributed by atoms with Gasteiger partial charge in [0, 0.05) is 26.1 Å². The molecule has 2 rings (SSSR count). The van der Waals surface area contributed by atoms with E-state index in [2.05, 4.69) is 5.32 Å². The number of carbonyl (C=O) groups excluding carboxylic acids is 2. The first-order chi connectivity index (χ1) is 17.0. The highest BCUT2D eigenvalue weighted by Crippen LogP contribution is 2.25. The summed E-state index contributed by atoms with van der Waals surface area (Å²) < 4.78 is 39.9. The number of rotatable bonds is 13. The van der Waals surface area contributed by atoms with E-state index in [1.807, 2.05) is 39.8 Å². The second-order valence-corrected chi connectivity index (χ2v) is 10.9. The molecule has 0 fully saturated rings. The third-order valence-corrected chi connectivity index (χ3v) is 7.38. The van der Waals surface area contributed by atoms with Crippen LogP contribution in [0.3, 0.4) is 0 Å². The molecular weight excluding hydrogens is 481 g/mol. The van der Waals surface area contributed by atoms with Gasteiger partial charge in [0.1, 0.15) is 11.9 Å². The topological polar surface area (TPSA) is 86.8 Å². The number of nitrogens with zero attached hydrogens (tertiary/aromatic N) is 2. The average Bonchev–Trinajstić information content (AvgIpc) is 2.82. The summed E-state index contributed by atoms with van der Waals surface area (Å²) in [7, 11) is -3.56. The molecule has 0 radical (unpaired) electrons. The number of carbonyl (C=O) groups is 2. The Bertz CT molecular complexity index is 1140. The molecule has 2 aromatic rings. The van der Waals surface area contributed by atoms with E-state index < -0.39 is 16.1 Å². The van der Waals surface area contributed by atoms with Gasteiger partial charge in [0.2, 0.25) is 21.8 Å². The Kier molecular flexibility index (Phi) is 10.9. The molecule has 0 saturated carbocycles. The van der Waals surface area contributed by atoms with Gasteiger partial charge >= 0.3 is 0 Å². The van der Waals surface area contributed by atoms with Crippen LogP contribution >= 0.6 is 0 Å². The SMILES string of the molecule is CCCNC(=O)C(CC)N(Cc1ccc(F)cc1)C(=O)CCCN(c1cccc(C)c1C)S(C)(=O)=O. The Balaban J connectivity index is 2.23. The maximum absolute atomic E-state index is 13.4. The first kappa shape index (κ1) is 29.3. The van der Waals surface area contributed by atoms with Crippen molar-refractivity contribution >= 4 is 27.5 Å². The van der Waals surface area contributed by atoms with E-state index >= 15 is 0 Å². The van der Waals surface area contributed by atoms with Gasteiger partial charge < -0.3 is 10.2 Å². The summed E-state index contributed by atoms with van der Waals surface area (Å²) in [5.74, 6) is -0.869. The summed E-state index contributed by atoms with van der Waals surface area (Å²) in [4.78, 5) is 27.7. The van der Waals surface area contributed by atoms with Crippen LogP contribution in [0.1, 0.15) is 56.2 Å². The lowest BCUT2D eigenvalue weighted by molar-refractivity contribution is -0.141. The Morgan fingerprint density at radius 2 is 1.72 bits per heavy atom. The second kappa shape index (κ2) is 13.4. The van der Waals surface area contributed by atoms with Crippen molar-refractivity contribution in [2.45, 2.75) is 66.0 Å². The van der Waals surface area contributed by atoms with Crippen LogP contribution in [-0.2, 0) is 26.2 Å². The van der Waals surface area contributed by atoms with Crippen molar-refractivity contribution in [3.05, 3.63) is 65.0 Å². The predicted octanol–water partition coefficient (Wildman–Crippen LogP) is 4.32. The van der Waals surface area contributed by atoms with Crippen molar-refractivity contribution in [3.63, 3.8) is 0 Å². The Hall–Kier alpha value is -2.94. The molecule has 0 aliphatic carbocycles. The van der Waals surface area contributed by atoms with Crippen LogP contribution in [-0.4, -0.2) is 50.5 Å². The molecule has 2 amide bonds. The zero-order chi connectivity index (χ0) is 26.9. The number of hydrogen-bond acceptors (Lipinski definition) is 4. The molecule has 1 unspecified atom stereocenters. The molecule has 1 atom stereocenters. The van der Waals surface area contributed by atoms with Crippen LogP contribution in [0.5, 0.6) is 0 Å². The molecule has 2 aromatic carbocycles. The molecule has 7 nitrogen and oxygen atoms in total. The van der Waals surface area contributed by atoms with Crippen molar-refractivity contribution in [1.82, 2.24) is 10.2 Å². The summed E-state index contributed by atoms with van der Waals surface area (Å²) in [5, 5.41) is 2.86. The van der Waals surface area contributed by atoms with Gasteiger partial charge in [-0.3, -0.25) is 13.9 Å². The molecule has 0 aromatic heterocycles. The summed E-state index contributed by atoms with van der Waals surface area (Å²) >= 11 is 0. The molecule has 0 spiro atoms. The second-order valence-electron chi connectivity index (χ2n) is 9.02. The van der Waals surface area contributed by atoms with Gasteiger partial charge in [0.15, 0.2) is 0 Å². The van der Waals surface area contributed by atoms with E-state index in [-0.39, 0.29) is 43.6 Å². The number of nitrogens with one attached hydrogen (secondary N) is 1. The Morgan fingerprint density at radius 3 is 2.31 bits per heavy atom. The van der Waals surface area contributed by atoms with Crippen molar-refractivity contribution < 1.29 is 22.4 Å². The normalized spacial score (nSPS) is 12.2. The number of amides is 2. The quantitative estimate of drug-likeness (QED) is 0.427. The van der Waals surface area contributed by atoms with Crippen molar-refractivity contribution in [1.29, 1.82) is 0 Å². The fraction of sp³-hybridized carbons (Fsp3) is 0.481. The van der Waals surface area contributed by atoms with Crippen LogP contribution < -0.4 is 9.62 Å². The lowest BCUT2D eigenvalue weighted by Gasteiger charge is -2.31. The molecule has 0 aliphatic rings. The van der Waals surface area contributed by atoms with Crippen LogP contribution in [0.4, 0.5) is 10.1 Å². The molecule has 0 heterocycles. The van der Waals surface area contributed by atoms with Gasteiger partial charge in [-0.05, 0) is 68.0 Å². The number of aryl methyl sites for hydroxylation is 1. The van der Waals surface area contributed by atoms with Gasteiger partial charge in [0.05, 0.1) is 11.9 Å². The molecule has 9 heteroatoms. The fourth-order valence-electron chi connectivity index (χ4n) is 4.06. The predicted molar refractivity (Wildman–Crippen MR) is 142 cm³/mol. The summed E-state index contributed by atoms with van der Waals surface area (Å²) in [5.41, 5.74) is 3.15. The van der Waals surface area contributed by atoms with Gasteiger partial charge in [-0.2, -0.15) is 0 Å². The van der Waals surface area contributed by atoms with E-state index in [0.717, 1.165) is 23.8 Å². The molecule has 36 heavy (non-hydrogen) atoms. The van der Waals surface area contributed by atoms with E-state index in [0.29, 0.717) is 24.2 Å². The van der Waals surface area contributed by atoms with E-state index in [1.54, 1.807) is 18.2 Å². The highest BCUT2D eigenvalue weighted by molar-refractivity contribution is 7.92. The van der Waals surface area contributed by atoms with Gasteiger partial charge in [-0.1, -0.05) is 38.1 Å².